The maximum Gasteiger partial charge on any atom is 0.407 e. The van der Waals surface area contributed by atoms with Crippen molar-refractivity contribution < 1.29 is 18.7 Å². The number of nitrogens with one attached hydrogen (secondary N) is 2. The van der Waals surface area contributed by atoms with Crippen molar-refractivity contribution in [3.05, 3.63) is 47.8 Å². The van der Waals surface area contributed by atoms with E-state index < -0.39 is 11.9 Å². The van der Waals surface area contributed by atoms with E-state index in [-0.39, 0.29) is 18.2 Å². The van der Waals surface area contributed by atoms with Crippen molar-refractivity contribution in [1.29, 1.82) is 0 Å². The van der Waals surface area contributed by atoms with Crippen molar-refractivity contribution in [2.45, 2.75) is 26.1 Å². The van der Waals surface area contributed by atoms with Gasteiger partial charge in [-0.15, -0.1) is 0 Å². The van der Waals surface area contributed by atoms with Gasteiger partial charge in [-0.2, -0.15) is 5.10 Å². The molecule has 0 saturated carbocycles. The van der Waals surface area contributed by atoms with Gasteiger partial charge in [-0.1, -0.05) is 18.2 Å². The number of hydrogen-bond acceptors (Lipinski definition) is 4. The maximum absolute atomic E-state index is 14.4. The maximum atomic E-state index is 14.4. The number of nitrogens with zero attached hydrogens (tertiary/aromatic N) is 1. The number of H-pyrrole nitrogens is 1. The molecular formula is C19H18FN3O3. The lowest BCUT2D eigenvalue weighted by Crippen LogP contribution is -2.28. The van der Waals surface area contributed by atoms with Crippen LogP contribution in [0.2, 0.25) is 0 Å². The Morgan fingerprint density at radius 3 is 3.04 bits per heavy atom. The number of alkyl carbamates (subject to hydrolysis) is 1. The lowest BCUT2D eigenvalue weighted by molar-refractivity contribution is 0.137. The van der Waals surface area contributed by atoms with E-state index in [1.807, 2.05) is 31.2 Å². The number of benzene rings is 2. The van der Waals surface area contributed by atoms with Crippen molar-refractivity contribution in [2.75, 3.05) is 6.54 Å². The third kappa shape index (κ3) is 3.20. The first-order valence-electron chi connectivity index (χ1n) is 8.44. The quantitative estimate of drug-likeness (QED) is 0.644. The van der Waals surface area contributed by atoms with E-state index in [4.69, 9.17) is 9.47 Å². The van der Waals surface area contributed by atoms with E-state index in [1.165, 1.54) is 6.07 Å². The number of aromatic nitrogens is 2. The fourth-order valence-electron chi connectivity index (χ4n) is 3.02. The Balaban J connectivity index is 1.83. The summed E-state index contributed by atoms with van der Waals surface area (Å²) in [7, 11) is 0. The van der Waals surface area contributed by atoms with Crippen molar-refractivity contribution >= 4 is 17.0 Å². The second-order valence-electron chi connectivity index (χ2n) is 6.32. The Morgan fingerprint density at radius 1 is 1.27 bits per heavy atom. The highest BCUT2D eigenvalue weighted by molar-refractivity contribution is 5.94. The van der Waals surface area contributed by atoms with Gasteiger partial charge >= 0.3 is 6.09 Å². The molecule has 0 aliphatic carbocycles. The largest absolute Gasteiger partial charge is 0.491 e. The summed E-state index contributed by atoms with van der Waals surface area (Å²) in [6, 6.07) is 10.6. The van der Waals surface area contributed by atoms with Gasteiger partial charge < -0.3 is 14.8 Å². The normalized spacial score (nSPS) is 17.8. The number of hydrogen-bond donors (Lipinski definition) is 2. The summed E-state index contributed by atoms with van der Waals surface area (Å²) < 4.78 is 25.5. The molecule has 7 heteroatoms. The average molecular weight is 355 g/mol. The first kappa shape index (κ1) is 16.4. The zero-order valence-electron chi connectivity index (χ0n) is 14.2. The highest BCUT2D eigenvalue weighted by Crippen LogP contribution is 2.32. The molecule has 0 spiro atoms. The molecule has 1 atom stereocenters. The second kappa shape index (κ2) is 6.67. The van der Waals surface area contributed by atoms with Crippen LogP contribution in [0.1, 0.15) is 18.9 Å². The second-order valence-corrected chi connectivity index (χ2v) is 6.32. The SMILES string of the molecule is C[C@@H]1CCNC(=O)OCc2cccc(c2)-c2[nH]nc3c(F)cc(cc23)O1. The molecule has 6 nitrogen and oxygen atoms in total. The van der Waals surface area contributed by atoms with Gasteiger partial charge in [0.05, 0.1) is 11.8 Å². The molecule has 4 bridgehead atoms. The van der Waals surface area contributed by atoms with Crippen LogP contribution in [0.5, 0.6) is 5.75 Å². The first-order valence-corrected chi connectivity index (χ1v) is 8.44. The molecule has 0 radical (unpaired) electrons. The first-order chi connectivity index (χ1) is 12.6. The summed E-state index contributed by atoms with van der Waals surface area (Å²) in [5, 5.41) is 10.3. The zero-order chi connectivity index (χ0) is 18.1. The van der Waals surface area contributed by atoms with E-state index in [1.54, 1.807) is 6.07 Å². The van der Waals surface area contributed by atoms with Gasteiger partial charge in [0.1, 0.15) is 17.9 Å². The molecule has 134 valence electrons. The van der Waals surface area contributed by atoms with Crippen LogP contribution < -0.4 is 10.1 Å². The molecule has 4 rings (SSSR count). The molecule has 1 aliphatic rings. The smallest absolute Gasteiger partial charge is 0.407 e. The molecule has 2 N–H and O–H groups in total. The number of carbonyl (C=O) groups excluding carboxylic acids is 1. The van der Waals surface area contributed by atoms with Gasteiger partial charge in [-0.25, -0.2) is 9.18 Å². The summed E-state index contributed by atoms with van der Waals surface area (Å²) in [5.41, 5.74) is 2.62. The highest BCUT2D eigenvalue weighted by Gasteiger charge is 2.16. The minimum Gasteiger partial charge on any atom is -0.491 e. The van der Waals surface area contributed by atoms with Crippen LogP contribution in [0.15, 0.2) is 36.4 Å². The van der Waals surface area contributed by atoms with Gasteiger partial charge in [0.15, 0.2) is 5.82 Å². The zero-order valence-corrected chi connectivity index (χ0v) is 14.2. The van der Waals surface area contributed by atoms with E-state index in [2.05, 4.69) is 15.5 Å². The number of ether oxygens (including phenoxy) is 2. The predicted octanol–water partition coefficient (Wildman–Crippen LogP) is 3.77. The molecule has 0 saturated heterocycles. The van der Waals surface area contributed by atoms with Crippen LogP contribution in [0, 0.1) is 5.82 Å². The monoisotopic (exact) mass is 355 g/mol. The van der Waals surface area contributed by atoms with Crippen LogP contribution in [0.3, 0.4) is 0 Å². The third-order valence-electron chi connectivity index (χ3n) is 4.33. The van der Waals surface area contributed by atoms with E-state index in [0.29, 0.717) is 29.8 Å². The molecule has 1 aromatic heterocycles. The molecule has 26 heavy (non-hydrogen) atoms. The van der Waals surface area contributed by atoms with Crippen molar-refractivity contribution in [3.63, 3.8) is 0 Å². The van der Waals surface area contributed by atoms with Crippen LogP contribution in [0.4, 0.5) is 9.18 Å². The molecule has 1 amide bonds. The Labute approximate surface area is 149 Å². The van der Waals surface area contributed by atoms with Gasteiger partial charge in [-0.05, 0) is 24.6 Å². The fraction of sp³-hybridized carbons (Fsp3) is 0.263. The Morgan fingerprint density at radius 2 is 2.15 bits per heavy atom. The lowest BCUT2D eigenvalue weighted by Gasteiger charge is -2.15. The highest BCUT2D eigenvalue weighted by atomic mass is 19.1. The molecule has 1 aliphatic heterocycles. The van der Waals surface area contributed by atoms with Crippen LogP contribution >= 0.6 is 0 Å². The number of cyclic esters (lactones) is 1. The summed E-state index contributed by atoms with van der Waals surface area (Å²) >= 11 is 0. The van der Waals surface area contributed by atoms with Crippen molar-refractivity contribution in [2.24, 2.45) is 0 Å². The number of amides is 1. The van der Waals surface area contributed by atoms with Gasteiger partial charge in [0, 0.05) is 30.0 Å². The third-order valence-corrected chi connectivity index (χ3v) is 4.33. The summed E-state index contributed by atoms with van der Waals surface area (Å²) in [4.78, 5) is 11.8. The Hall–Kier alpha value is -3.09. The van der Waals surface area contributed by atoms with E-state index >= 15 is 0 Å². The number of rotatable bonds is 0. The topological polar surface area (TPSA) is 76.2 Å². The van der Waals surface area contributed by atoms with Crippen LogP contribution in [0.25, 0.3) is 22.2 Å². The summed E-state index contributed by atoms with van der Waals surface area (Å²) in [6.45, 7) is 2.42. The number of carbonyl (C=O) groups is 1. The molecular weight excluding hydrogens is 337 g/mol. The molecule has 0 fully saturated rings. The number of aromatic amines is 1. The van der Waals surface area contributed by atoms with Crippen molar-refractivity contribution in [3.8, 4) is 17.0 Å². The molecule has 3 aromatic rings. The van der Waals surface area contributed by atoms with Crippen molar-refractivity contribution in [1.82, 2.24) is 15.5 Å². The average Bonchev–Trinajstić information content (AvgIpc) is 3.04. The molecule has 0 unspecified atom stereocenters. The Bertz CT molecular complexity index is 970. The predicted molar refractivity (Wildman–Crippen MR) is 94.4 cm³/mol. The van der Waals surface area contributed by atoms with Gasteiger partial charge in [0.25, 0.3) is 0 Å². The van der Waals surface area contributed by atoms with E-state index in [9.17, 15) is 9.18 Å². The summed E-state index contributed by atoms with van der Waals surface area (Å²) in [5.74, 6) is -0.0111. The molecule has 2 aromatic carbocycles. The lowest BCUT2D eigenvalue weighted by atomic mass is 10.0. The van der Waals surface area contributed by atoms with Gasteiger partial charge in [-0.3, -0.25) is 5.10 Å². The van der Waals surface area contributed by atoms with E-state index in [0.717, 1.165) is 11.1 Å². The fourth-order valence-corrected chi connectivity index (χ4v) is 3.02. The summed E-state index contributed by atoms with van der Waals surface area (Å²) in [6.07, 6.45) is -0.109. The van der Waals surface area contributed by atoms with Crippen LogP contribution in [-0.2, 0) is 11.3 Å². The minimum absolute atomic E-state index is 0.150. The molecule has 2 heterocycles. The van der Waals surface area contributed by atoms with Crippen LogP contribution in [-0.4, -0.2) is 28.9 Å². The standard InChI is InChI=1S/C19H18FN3O3/c1-11-5-6-21-19(24)25-10-12-3-2-4-13(7-12)17-15-8-14(26-11)9-16(20)18(15)23-22-17/h2-4,7-9,11H,5-6,10H2,1H3,(H,21,24)(H,22,23)/t11-/m1/s1. The minimum atomic E-state index is -0.479. The number of fused-ring (bicyclic) bond motifs is 4. The Kier molecular flexibility index (Phi) is 4.20. The van der Waals surface area contributed by atoms with Gasteiger partial charge in [0.2, 0.25) is 0 Å². The number of halogens is 1.